The molecule has 0 aromatic carbocycles. The van der Waals surface area contributed by atoms with Crippen molar-refractivity contribution in [1.82, 2.24) is 9.97 Å². The van der Waals surface area contributed by atoms with E-state index in [0.29, 0.717) is 11.8 Å². The average Bonchev–Trinajstić information content (AvgIpc) is 2.13. The second-order valence-corrected chi connectivity index (χ2v) is 4.10. The highest BCUT2D eigenvalue weighted by Gasteiger charge is 2.27. The summed E-state index contributed by atoms with van der Waals surface area (Å²) in [6.45, 7) is 0. The lowest BCUT2D eigenvalue weighted by Gasteiger charge is -2.05. The van der Waals surface area contributed by atoms with E-state index in [4.69, 9.17) is 5.11 Å². The maximum atomic E-state index is 11.8. The number of nitrogens with one attached hydrogen (secondary N) is 1. The number of hydrogen-bond acceptors (Lipinski definition) is 6. The SMILES string of the molecule is O=c1nc(SCCC(F)(F)F)[nH]c(O)c1[N+](=O)[O-]. The molecule has 0 amide bonds. The highest BCUT2D eigenvalue weighted by Crippen LogP contribution is 2.26. The Morgan fingerprint density at radius 3 is 2.56 bits per heavy atom. The molecule has 0 aliphatic carbocycles. The number of thioether (sulfide) groups is 1. The number of halogens is 3. The molecule has 1 aromatic heterocycles. The molecule has 1 aromatic rings. The topological polar surface area (TPSA) is 109 Å². The minimum absolute atomic E-state index is 0.313. The molecule has 0 saturated heterocycles. The van der Waals surface area contributed by atoms with E-state index in [-0.39, 0.29) is 5.16 Å². The average molecular weight is 285 g/mol. The largest absolute Gasteiger partial charge is 0.490 e. The molecule has 2 N–H and O–H groups in total. The third kappa shape index (κ3) is 3.91. The Hall–Kier alpha value is -1.78. The number of aromatic nitrogens is 2. The fraction of sp³-hybridized carbons (Fsp3) is 0.429. The molecular weight excluding hydrogens is 279 g/mol. The van der Waals surface area contributed by atoms with Gasteiger partial charge in [-0.3, -0.25) is 19.9 Å². The first-order chi connectivity index (χ1) is 8.20. The van der Waals surface area contributed by atoms with Crippen LogP contribution >= 0.6 is 11.8 Å². The van der Waals surface area contributed by atoms with E-state index in [2.05, 4.69) is 4.98 Å². The second-order valence-electron chi connectivity index (χ2n) is 3.02. The second kappa shape index (κ2) is 5.25. The van der Waals surface area contributed by atoms with Crippen molar-refractivity contribution in [1.29, 1.82) is 0 Å². The van der Waals surface area contributed by atoms with E-state index in [1.54, 1.807) is 0 Å². The molecule has 0 aliphatic heterocycles. The summed E-state index contributed by atoms with van der Waals surface area (Å²) in [5, 5.41) is 19.1. The van der Waals surface area contributed by atoms with Crippen molar-refractivity contribution in [3.63, 3.8) is 0 Å². The number of aromatic amines is 1. The van der Waals surface area contributed by atoms with Gasteiger partial charge in [0.15, 0.2) is 5.16 Å². The van der Waals surface area contributed by atoms with Crippen LogP contribution in [-0.4, -0.2) is 31.9 Å². The molecule has 7 nitrogen and oxygen atoms in total. The zero-order chi connectivity index (χ0) is 13.9. The number of alkyl halides is 3. The van der Waals surface area contributed by atoms with Gasteiger partial charge in [0.1, 0.15) is 0 Å². The molecule has 0 bridgehead atoms. The van der Waals surface area contributed by atoms with Gasteiger partial charge in [0.25, 0.3) is 5.88 Å². The van der Waals surface area contributed by atoms with Gasteiger partial charge in [-0.15, -0.1) is 0 Å². The Morgan fingerprint density at radius 2 is 2.11 bits per heavy atom. The summed E-state index contributed by atoms with van der Waals surface area (Å²) in [6, 6.07) is 0. The fourth-order valence-corrected chi connectivity index (χ4v) is 1.77. The first-order valence-electron chi connectivity index (χ1n) is 4.38. The third-order valence-corrected chi connectivity index (χ3v) is 2.54. The van der Waals surface area contributed by atoms with Crippen molar-refractivity contribution in [2.75, 3.05) is 5.75 Å². The van der Waals surface area contributed by atoms with Gasteiger partial charge < -0.3 is 5.11 Å². The molecule has 0 unspecified atom stereocenters. The smallest absolute Gasteiger partial charge is 0.395 e. The van der Waals surface area contributed by atoms with Crippen LogP contribution in [0.4, 0.5) is 18.9 Å². The van der Waals surface area contributed by atoms with Gasteiger partial charge in [-0.1, -0.05) is 11.8 Å². The number of aromatic hydroxyl groups is 1. The molecule has 0 spiro atoms. The molecule has 18 heavy (non-hydrogen) atoms. The van der Waals surface area contributed by atoms with Crippen LogP contribution in [0.15, 0.2) is 9.95 Å². The molecule has 1 rings (SSSR count). The number of nitrogens with zero attached hydrogens (tertiary/aromatic N) is 2. The van der Waals surface area contributed by atoms with Crippen molar-refractivity contribution in [3.8, 4) is 5.88 Å². The molecule has 11 heteroatoms. The molecule has 0 fully saturated rings. The van der Waals surface area contributed by atoms with Crippen LogP contribution in [0.1, 0.15) is 6.42 Å². The highest BCUT2D eigenvalue weighted by molar-refractivity contribution is 7.99. The Balaban J connectivity index is 2.82. The van der Waals surface area contributed by atoms with Crippen LogP contribution in [0, 0.1) is 10.1 Å². The minimum Gasteiger partial charge on any atom is -0.490 e. The maximum absolute atomic E-state index is 11.8. The van der Waals surface area contributed by atoms with Crippen molar-refractivity contribution in [2.45, 2.75) is 17.8 Å². The van der Waals surface area contributed by atoms with Gasteiger partial charge in [-0.05, 0) is 0 Å². The summed E-state index contributed by atoms with van der Waals surface area (Å²) in [4.78, 5) is 25.4. The standard InChI is InChI=1S/C7H6F3N3O4S/c8-7(9,10)1-2-18-6-11-4(14)3(13(16)17)5(15)12-6/h1-2H2,(H2,11,12,14,15). The number of hydrogen-bond donors (Lipinski definition) is 2. The van der Waals surface area contributed by atoms with Gasteiger partial charge in [0.2, 0.25) is 0 Å². The van der Waals surface area contributed by atoms with E-state index in [1.165, 1.54) is 0 Å². The molecular formula is C7H6F3N3O4S. The van der Waals surface area contributed by atoms with Gasteiger partial charge >= 0.3 is 17.4 Å². The summed E-state index contributed by atoms with van der Waals surface area (Å²) in [7, 11) is 0. The highest BCUT2D eigenvalue weighted by atomic mass is 32.2. The maximum Gasteiger partial charge on any atom is 0.395 e. The van der Waals surface area contributed by atoms with Crippen molar-refractivity contribution >= 4 is 17.4 Å². The quantitative estimate of drug-likeness (QED) is 0.375. The lowest BCUT2D eigenvalue weighted by molar-refractivity contribution is -0.387. The molecule has 100 valence electrons. The zero-order valence-electron chi connectivity index (χ0n) is 8.52. The number of rotatable bonds is 4. The minimum atomic E-state index is -4.35. The van der Waals surface area contributed by atoms with E-state index < -0.39 is 40.4 Å². The van der Waals surface area contributed by atoms with Crippen molar-refractivity contribution < 1.29 is 23.2 Å². The molecule has 1 heterocycles. The van der Waals surface area contributed by atoms with Crippen LogP contribution in [0.3, 0.4) is 0 Å². The van der Waals surface area contributed by atoms with Crippen molar-refractivity contribution in [3.05, 3.63) is 20.5 Å². The predicted molar refractivity (Wildman–Crippen MR) is 54.6 cm³/mol. The summed E-state index contributed by atoms with van der Waals surface area (Å²) in [6.07, 6.45) is -5.46. The van der Waals surface area contributed by atoms with Gasteiger partial charge in [0, 0.05) is 5.75 Å². The monoisotopic (exact) mass is 285 g/mol. The van der Waals surface area contributed by atoms with E-state index in [9.17, 15) is 28.1 Å². The van der Waals surface area contributed by atoms with Crippen LogP contribution in [-0.2, 0) is 0 Å². The van der Waals surface area contributed by atoms with E-state index in [0.717, 1.165) is 0 Å². The van der Waals surface area contributed by atoms with Crippen LogP contribution in [0.25, 0.3) is 0 Å². The third-order valence-electron chi connectivity index (χ3n) is 1.66. The van der Waals surface area contributed by atoms with Gasteiger partial charge in [-0.2, -0.15) is 18.2 Å². The summed E-state index contributed by atoms with van der Waals surface area (Å²) in [5.41, 5.74) is -2.46. The van der Waals surface area contributed by atoms with Crippen LogP contribution in [0.2, 0.25) is 0 Å². The number of H-pyrrole nitrogens is 1. The van der Waals surface area contributed by atoms with Gasteiger partial charge in [0.05, 0.1) is 11.3 Å². The molecule has 0 radical (unpaired) electrons. The Bertz CT molecular complexity index is 516. The summed E-state index contributed by atoms with van der Waals surface area (Å²) >= 11 is 0.527. The number of nitro groups is 1. The van der Waals surface area contributed by atoms with Crippen molar-refractivity contribution in [2.24, 2.45) is 0 Å². The van der Waals surface area contributed by atoms with Crippen LogP contribution < -0.4 is 5.56 Å². The molecule has 0 aliphatic rings. The Labute approximate surface area is 101 Å². The lowest BCUT2D eigenvalue weighted by Crippen LogP contribution is -2.14. The van der Waals surface area contributed by atoms with E-state index in [1.807, 2.05) is 4.98 Å². The predicted octanol–water partition coefficient (Wildman–Crippen LogP) is 1.43. The molecule has 0 atom stereocenters. The first kappa shape index (κ1) is 14.3. The summed E-state index contributed by atoms with van der Waals surface area (Å²) < 4.78 is 35.5. The Morgan fingerprint density at radius 1 is 1.50 bits per heavy atom. The van der Waals surface area contributed by atoms with E-state index >= 15 is 0 Å². The van der Waals surface area contributed by atoms with Crippen LogP contribution in [0.5, 0.6) is 5.88 Å². The first-order valence-corrected chi connectivity index (χ1v) is 5.36. The molecule has 0 saturated carbocycles. The lowest BCUT2D eigenvalue weighted by atomic mass is 10.5. The normalized spacial score (nSPS) is 11.5. The summed E-state index contributed by atoms with van der Waals surface area (Å²) in [5.74, 6) is -1.46. The zero-order valence-corrected chi connectivity index (χ0v) is 9.34. The van der Waals surface area contributed by atoms with Gasteiger partial charge in [-0.25, -0.2) is 0 Å². The fourth-order valence-electron chi connectivity index (χ4n) is 0.931. The Kier molecular flexibility index (Phi) is 4.16.